The molecule has 0 saturated carbocycles. The van der Waals surface area contributed by atoms with Crippen molar-refractivity contribution in [3.63, 3.8) is 0 Å². The third-order valence-corrected chi connectivity index (χ3v) is 3.78. The SMILES string of the molecule is O=C(O)CC/C=C\CC1COCc2oc3ccccc3c21. The smallest absolute Gasteiger partial charge is 0.303 e. The number of carboxylic acid groups (broad SMARTS) is 1. The maximum Gasteiger partial charge on any atom is 0.303 e. The zero-order valence-corrected chi connectivity index (χ0v) is 11.7. The number of ether oxygens (including phenoxy) is 1. The van der Waals surface area contributed by atoms with Gasteiger partial charge in [0.15, 0.2) is 0 Å². The highest BCUT2D eigenvalue weighted by Crippen LogP contribution is 2.37. The third kappa shape index (κ3) is 3.00. The van der Waals surface area contributed by atoms with E-state index in [4.69, 9.17) is 14.3 Å². The standard InChI is InChI=1S/C17H18O4/c18-16(19)9-3-1-2-6-12-10-20-11-15-17(12)13-7-4-5-8-14(13)21-15/h1-2,4-5,7-8,12H,3,6,9-11H2,(H,18,19)/b2-1-. The molecule has 3 rings (SSSR count). The van der Waals surface area contributed by atoms with E-state index >= 15 is 0 Å². The number of benzene rings is 1. The molecular weight excluding hydrogens is 268 g/mol. The van der Waals surface area contributed by atoms with E-state index in [1.54, 1.807) is 0 Å². The summed E-state index contributed by atoms with van der Waals surface area (Å²) in [7, 11) is 0. The van der Waals surface area contributed by atoms with Crippen LogP contribution in [-0.2, 0) is 16.1 Å². The molecule has 110 valence electrons. The molecule has 2 aromatic rings. The van der Waals surface area contributed by atoms with Crippen molar-refractivity contribution in [3.8, 4) is 0 Å². The van der Waals surface area contributed by atoms with Crippen molar-refractivity contribution >= 4 is 16.9 Å². The Morgan fingerprint density at radius 3 is 3.05 bits per heavy atom. The summed E-state index contributed by atoms with van der Waals surface area (Å²) >= 11 is 0. The number of hydrogen-bond donors (Lipinski definition) is 1. The van der Waals surface area contributed by atoms with Crippen LogP contribution in [0.3, 0.4) is 0 Å². The van der Waals surface area contributed by atoms with Crippen LogP contribution < -0.4 is 0 Å². The Balaban J connectivity index is 1.75. The number of aliphatic carboxylic acids is 1. The van der Waals surface area contributed by atoms with Crippen LogP contribution in [0.2, 0.25) is 0 Å². The maximum absolute atomic E-state index is 10.5. The molecule has 4 heteroatoms. The summed E-state index contributed by atoms with van der Waals surface area (Å²) in [5.74, 6) is 0.439. The molecule has 0 bridgehead atoms. The van der Waals surface area contributed by atoms with Gasteiger partial charge in [-0.05, 0) is 18.9 Å². The van der Waals surface area contributed by atoms with E-state index in [2.05, 4.69) is 6.07 Å². The summed E-state index contributed by atoms with van der Waals surface area (Å²) in [6.45, 7) is 1.21. The van der Waals surface area contributed by atoms with Crippen LogP contribution in [0.15, 0.2) is 40.8 Å². The minimum atomic E-state index is -0.760. The summed E-state index contributed by atoms with van der Waals surface area (Å²) in [5.41, 5.74) is 2.16. The fourth-order valence-electron chi connectivity index (χ4n) is 2.82. The lowest BCUT2D eigenvalue weighted by Gasteiger charge is -2.21. The van der Waals surface area contributed by atoms with Gasteiger partial charge in [0.2, 0.25) is 0 Å². The van der Waals surface area contributed by atoms with E-state index in [9.17, 15) is 4.79 Å². The summed E-state index contributed by atoms with van der Waals surface area (Å²) in [4.78, 5) is 10.5. The number of hydrogen-bond acceptors (Lipinski definition) is 3. The Morgan fingerprint density at radius 2 is 2.19 bits per heavy atom. The lowest BCUT2D eigenvalue weighted by Crippen LogP contribution is -2.14. The molecule has 1 aliphatic rings. The van der Waals surface area contributed by atoms with Gasteiger partial charge in [-0.15, -0.1) is 0 Å². The minimum Gasteiger partial charge on any atom is -0.481 e. The summed E-state index contributed by atoms with van der Waals surface area (Å²) in [5, 5.41) is 9.78. The topological polar surface area (TPSA) is 59.7 Å². The van der Waals surface area contributed by atoms with Crippen LogP contribution in [0.1, 0.15) is 36.5 Å². The normalized spacial score (nSPS) is 18.2. The highest BCUT2D eigenvalue weighted by Gasteiger charge is 2.26. The van der Waals surface area contributed by atoms with Gasteiger partial charge >= 0.3 is 5.97 Å². The van der Waals surface area contributed by atoms with Crippen LogP contribution in [0.25, 0.3) is 11.0 Å². The van der Waals surface area contributed by atoms with Crippen LogP contribution in [-0.4, -0.2) is 17.7 Å². The van der Waals surface area contributed by atoms with Gasteiger partial charge in [0.05, 0.1) is 6.61 Å². The molecule has 1 unspecified atom stereocenters. The number of fused-ring (bicyclic) bond motifs is 3. The molecule has 1 N–H and O–H groups in total. The number of furan rings is 1. The maximum atomic E-state index is 10.5. The molecule has 0 spiro atoms. The van der Waals surface area contributed by atoms with Gasteiger partial charge < -0.3 is 14.3 Å². The van der Waals surface area contributed by atoms with Crippen molar-refractivity contribution in [2.45, 2.75) is 31.8 Å². The lowest BCUT2D eigenvalue weighted by molar-refractivity contribution is -0.136. The van der Waals surface area contributed by atoms with Crippen LogP contribution in [0.5, 0.6) is 0 Å². The van der Waals surface area contributed by atoms with Crippen LogP contribution in [0, 0.1) is 0 Å². The number of para-hydroxylation sites is 1. The highest BCUT2D eigenvalue weighted by molar-refractivity contribution is 5.83. The molecule has 2 heterocycles. The van der Waals surface area contributed by atoms with E-state index in [0.29, 0.717) is 19.6 Å². The van der Waals surface area contributed by atoms with E-state index in [1.165, 1.54) is 10.9 Å². The fraction of sp³-hybridized carbons (Fsp3) is 0.353. The molecule has 0 saturated heterocycles. The third-order valence-electron chi connectivity index (χ3n) is 3.78. The molecule has 0 aliphatic carbocycles. The summed E-state index contributed by atoms with van der Waals surface area (Å²) in [6.07, 6.45) is 5.58. The first-order chi connectivity index (χ1) is 10.3. The molecule has 1 aliphatic heterocycles. The molecule has 0 fully saturated rings. The predicted octanol–water partition coefficient (Wildman–Crippen LogP) is 3.86. The monoisotopic (exact) mass is 286 g/mol. The van der Waals surface area contributed by atoms with E-state index in [-0.39, 0.29) is 12.3 Å². The quantitative estimate of drug-likeness (QED) is 0.848. The van der Waals surface area contributed by atoms with Gasteiger partial charge in [-0.25, -0.2) is 0 Å². The average molecular weight is 286 g/mol. The number of carbonyl (C=O) groups is 1. The predicted molar refractivity (Wildman–Crippen MR) is 79.2 cm³/mol. The Morgan fingerprint density at radius 1 is 1.33 bits per heavy atom. The van der Waals surface area contributed by atoms with Crippen molar-refractivity contribution in [1.82, 2.24) is 0 Å². The Labute approximate surface area is 123 Å². The molecular formula is C17H18O4. The van der Waals surface area contributed by atoms with Crippen LogP contribution in [0.4, 0.5) is 0 Å². The number of carboxylic acids is 1. The molecule has 0 radical (unpaired) electrons. The van der Waals surface area contributed by atoms with Crippen molar-refractivity contribution < 1.29 is 19.1 Å². The second-order valence-electron chi connectivity index (χ2n) is 5.29. The van der Waals surface area contributed by atoms with Crippen molar-refractivity contribution in [3.05, 3.63) is 47.7 Å². The van der Waals surface area contributed by atoms with E-state index in [0.717, 1.165) is 17.8 Å². The molecule has 0 amide bonds. The fourth-order valence-corrected chi connectivity index (χ4v) is 2.82. The number of allylic oxidation sites excluding steroid dienone is 2. The van der Waals surface area contributed by atoms with Gasteiger partial charge in [0.25, 0.3) is 0 Å². The van der Waals surface area contributed by atoms with Gasteiger partial charge in [-0.3, -0.25) is 4.79 Å². The molecule has 1 aromatic carbocycles. The van der Waals surface area contributed by atoms with Gasteiger partial charge in [0.1, 0.15) is 18.0 Å². The zero-order chi connectivity index (χ0) is 14.7. The summed E-state index contributed by atoms with van der Waals surface area (Å²) < 4.78 is 11.5. The summed E-state index contributed by atoms with van der Waals surface area (Å²) in [6, 6.07) is 8.06. The van der Waals surface area contributed by atoms with Crippen molar-refractivity contribution in [2.75, 3.05) is 6.61 Å². The first-order valence-electron chi connectivity index (χ1n) is 7.20. The van der Waals surface area contributed by atoms with Crippen molar-refractivity contribution in [1.29, 1.82) is 0 Å². The van der Waals surface area contributed by atoms with Gasteiger partial charge in [0, 0.05) is 23.3 Å². The molecule has 1 aromatic heterocycles. The van der Waals surface area contributed by atoms with Crippen LogP contribution >= 0.6 is 0 Å². The Hall–Kier alpha value is -2.07. The second kappa shape index (κ2) is 6.14. The first-order valence-corrected chi connectivity index (χ1v) is 7.20. The number of rotatable bonds is 5. The van der Waals surface area contributed by atoms with Gasteiger partial charge in [-0.1, -0.05) is 30.4 Å². The Kier molecular flexibility index (Phi) is 4.06. The lowest BCUT2D eigenvalue weighted by atomic mass is 9.92. The second-order valence-corrected chi connectivity index (χ2v) is 5.29. The minimum absolute atomic E-state index is 0.178. The molecule has 21 heavy (non-hydrogen) atoms. The van der Waals surface area contributed by atoms with E-state index in [1.807, 2.05) is 30.4 Å². The highest BCUT2D eigenvalue weighted by atomic mass is 16.5. The zero-order valence-electron chi connectivity index (χ0n) is 11.7. The molecule has 4 nitrogen and oxygen atoms in total. The largest absolute Gasteiger partial charge is 0.481 e. The van der Waals surface area contributed by atoms with E-state index < -0.39 is 5.97 Å². The van der Waals surface area contributed by atoms with Gasteiger partial charge in [-0.2, -0.15) is 0 Å². The Bertz CT molecular complexity index is 668. The first kappa shape index (κ1) is 13.9. The van der Waals surface area contributed by atoms with Crippen molar-refractivity contribution in [2.24, 2.45) is 0 Å². The average Bonchev–Trinajstić information content (AvgIpc) is 2.85. The molecule has 1 atom stereocenters.